The molecule has 0 saturated heterocycles. The quantitative estimate of drug-likeness (QED) is 0.699. The van der Waals surface area contributed by atoms with Crippen molar-refractivity contribution in [3.63, 3.8) is 0 Å². The predicted molar refractivity (Wildman–Crippen MR) is 110 cm³/mol. The minimum absolute atomic E-state index is 0.0177. The molecule has 2 rings (SSSR count). The minimum atomic E-state index is -3.71. The van der Waals surface area contributed by atoms with E-state index in [4.69, 9.17) is 0 Å². The second kappa shape index (κ2) is 8.85. The lowest BCUT2D eigenvalue weighted by atomic mass is 10.2. The van der Waals surface area contributed by atoms with Crippen LogP contribution in [0.5, 0.6) is 0 Å². The van der Waals surface area contributed by atoms with E-state index in [1.54, 1.807) is 19.9 Å². The van der Waals surface area contributed by atoms with Crippen LogP contribution in [0.1, 0.15) is 51.2 Å². The Balaban J connectivity index is 2.11. The van der Waals surface area contributed by atoms with Crippen LogP contribution in [0.3, 0.4) is 0 Å². The highest BCUT2D eigenvalue weighted by atomic mass is 32.2. The second-order valence-corrected chi connectivity index (χ2v) is 9.76. The second-order valence-electron chi connectivity index (χ2n) is 6.62. The number of rotatable bonds is 6. The molecule has 0 spiro atoms. The molecule has 0 fully saturated rings. The number of hydrogen-bond donors (Lipinski definition) is 2. The third-order valence-electron chi connectivity index (χ3n) is 4.36. The number of hydrazine groups is 1. The topological polar surface area (TPSA) is 95.6 Å². The van der Waals surface area contributed by atoms with Crippen LogP contribution in [0.4, 0.5) is 0 Å². The molecular formula is C19H25N3O4S2. The van der Waals surface area contributed by atoms with Gasteiger partial charge in [0.2, 0.25) is 10.0 Å². The van der Waals surface area contributed by atoms with E-state index in [1.807, 2.05) is 13.8 Å². The third kappa shape index (κ3) is 4.78. The lowest BCUT2D eigenvalue weighted by Gasteiger charge is -2.21. The first-order chi connectivity index (χ1) is 13.1. The van der Waals surface area contributed by atoms with Crippen molar-refractivity contribution in [2.75, 3.05) is 7.05 Å². The zero-order valence-electron chi connectivity index (χ0n) is 16.6. The number of thiophene rings is 1. The van der Waals surface area contributed by atoms with Crippen LogP contribution in [0, 0.1) is 6.92 Å². The third-order valence-corrected chi connectivity index (χ3v) is 7.77. The standard InChI is InChI=1S/C19H25N3O4S2/c1-6-16-13(4)10-17(27-16)19(24)21-20-18(23)14-8-7-9-15(11-14)28(25,26)22(5)12(2)3/h7-12H,6H2,1-5H3,(H,20,23)(H,21,24). The van der Waals surface area contributed by atoms with Crippen LogP contribution in [0.25, 0.3) is 0 Å². The van der Waals surface area contributed by atoms with Gasteiger partial charge in [-0.1, -0.05) is 13.0 Å². The number of hydrogen-bond acceptors (Lipinski definition) is 5. The molecule has 0 saturated carbocycles. The summed E-state index contributed by atoms with van der Waals surface area (Å²) in [7, 11) is -2.22. The van der Waals surface area contributed by atoms with Crippen molar-refractivity contribution >= 4 is 33.2 Å². The Morgan fingerprint density at radius 2 is 1.79 bits per heavy atom. The maximum absolute atomic E-state index is 12.6. The molecule has 1 aromatic carbocycles. The van der Waals surface area contributed by atoms with Crippen molar-refractivity contribution in [1.82, 2.24) is 15.2 Å². The van der Waals surface area contributed by atoms with Gasteiger partial charge in [-0.05, 0) is 57.0 Å². The van der Waals surface area contributed by atoms with Crippen LogP contribution in [0.15, 0.2) is 35.2 Å². The van der Waals surface area contributed by atoms with Crippen molar-refractivity contribution in [2.45, 2.75) is 45.1 Å². The Morgan fingerprint density at radius 3 is 2.36 bits per heavy atom. The highest BCUT2D eigenvalue weighted by Crippen LogP contribution is 2.22. The van der Waals surface area contributed by atoms with Crippen molar-refractivity contribution in [1.29, 1.82) is 0 Å². The smallest absolute Gasteiger partial charge is 0.267 e. The molecule has 0 radical (unpaired) electrons. The van der Waals surface area contributed by atoms with Crippen LogP contribution in [-0.4, -0.2) is 37.6 Å². The number of sulfonamides is 1. The normalized spacial score (nSPS) is 11.7. The van der Waals surface area contributed by atoms with Crippen molar-refractivity contribution < 1.29 is 18.0 Å². The number of amides is 2. The van der Waals surface area contributed by atoms with Crippen molar-refractivity contribution in [2.24, 2.45) is 0 Å². The van der Waals surface area contributed by atoms with E-state index in [-0.39, 0.29) is 16.5 Å². The number of carbonyl (C=O) groups excluding carboxylic acids is 2. The molecule has 152 valence electrons. The number of carbonyl (C=O) groups is 2. The van der Waals surface area contributed by atoms with Gasteiger partial charge in [-0.3, -0.25) is 20.4 Å². The summed E-state index contributed by atoms with van der Waals surface area (Å²) in [4.78, 5) is 26.2. The Bertz CT molecular complexity index is 981. The molecule has 1 aromatic heterocycles. The monoisotopic (exact) mass is 423 g/mol. The van der Waals surface area contributed by atoms with Gasteiger partial charge < -0.3 is 0 Å². The molecule has 9 heteroatoms. The summed E-state index contributed by atoms with van der Waals surface area (Å²) in [6, 6.07) is 7.27. The summed E-state index contributed by atoms with van der Waals surface area (Å²) in [6.07, 6.45) is 0.836. The van der Waals surface area contributed by atoms with Crippen LogP contribution >= 0.6 is 11.3 Å². The van der Waals surface area contributed by atoms with E-state index in [2.05, 4.69) is 10.9 Å². The Morgan fingerprint density at radius 1 is 1.14 bits per heavy atom. The van der Waals surface area contributed by atoms with E-state index in [0.29, 0.717) is 4.88 Å². The Hall–Kier alpha value is -2.23. The largest absolute Gasteiger partial charge is 0.279 e. The zero-order chi connectivity index (χ0) is 21.1. The molecule has 1 heterocycles. The molecule has 0 aliphatic carbocycles. The van der Waals surface area contributed by atoms with E-state index in [0.717, 1.165) is 16.9 Å². The summed E-state index contributed by atoms with van der Waals surface area (Å²) >= 11 is 1.38. The highest BCUT2D eigenvalue weighted by Gasteiger charge is 2.24. The molecule has 0 bridgehead atoms. The van der Waals surface area contributed by atoms with Gasteiger partial charge >= 0.3 is 0 Å². The minimum Gasteiger partial charge on any atom is -0.267 e. The number of nitrogens with one attached hydrogen (secondary N) is 2. The lowest BCUT2D eigenvalue weighted by Crippen LogP contribution is -2.41. The summed E-state index contributed by atoms with van der Waals surface area (Å²) in [5.74, 6) is -1.01. The summed E-state index contributed by atoms with van der Waals surface area (Å²) < 4.78 is 26.4. The van der Waals surface area contributed by atoms with Gasteiger partial charge in [0.1, 0.15) is 0 Å². The molecule has 0 unspecified atom stereocenters. The molecule has 7 nitrogen and oxygen atoms in total. The van der Waals surface area contributed by atoms with E-state index < -0.39 is 21.8 Å². The summed E-state index contributed by atoms with van der Waals surface area (Å²) in [5.41, 5.74) is 5.88. The maximum Gasteiger partial charge on any atom is 0.279 e. The number of benzene rings is 1. The molecule has 2 amide bonds. The first-order valence-electron chi connectivity index (χ1n) is 8.86. The maximum atomic E-state index is 12.6. The predicted octanol–water partition coefficient (Wildman–Crippen LogP) is 2.72. The molecular weight excluding hydrogens is 398 g/mol. The van der Waals surface area contributed by atoms with Gasteiger partial charge in [0.15, 0.2) is 0 Å². The van der Waals surface area contributed by atoms with Gasteiger partial charge in [0.05, 0.1) is 9.77 Å². The van der Waals surface area contributed by atoms with Crippen LogP contribution in [-0.2, 0) is 16.4 Å². The van der Waals surface area contributed by atoms with Crippen LogP contribution in [0.2, 0.25) is 0 Å². The zero-order valence-corrected chi connectivity index (χ0v) is 18.2. The van der Waals surface area contributed by atoms with Crippen molar-refractivity contribution in [3.8, 4) is 0 Å². The fraction of sp³-hybridized carbons (Fsp3) is 0.368. The molecule has 28 heavy (non-hydrogen) atoms. The summed E-state index contributed by atoms with van der Waals surface area (Å²) in [6.45, 7) is 7.48. The molecule has 0 aliphatic heterocycles. The molecule has 0 aliphatic rings. The van der Waals surface area contributed by atoms with Crippen LogP contribution < -0.4 is 10.9 Å². The Labute approximate surface area is 169 Å². The van der Waals surface area contributed by atoms with Gasteiger partial charge in [-0.2, -0.15) is 4.31 Å². The first-order valence-corrected chi connectivity index (χ1v) is 11.1. The van der Waals surface area contributed by atoms with Gasteiger partial charge in [0.25, 0.3) is 11.8 Å². The molecule has 2 aromatic rings. The highest BCUT2D eigenvalue weighted by molar-refractivity contribution is 7.89. The average Bonchev–Trinajstić information content (AvgIpc) is 3.05. The number of aryl methyl sites for hydroxylation is 2. The van der Waals surface area contributed by atoms with E-state index in [9.17, 15) is 18.0 Å². The fourth-order valence-corrected chi connectivity index (χ4v) is 4.89. The molecule has 0 atom stereocenters. The fourth-order valence-electron chi connectivity index (χ4n) is 2.47. The summed E-state index contributed by atoms with van der Waals surface area (Å²) in [5, 5.41) is 0. The number of nitrogens with zero attached hydrogens (tertiary/aromatic N) is 1. The van der Waals surface area contributed by atoms with E-state index in [1.165, 1.54) is 47.0 Å². The first kappa shape index (κ1) is 22.1. The van der Waals surface area contributed by atoms with Gasteiger partial charge in [-0.25, -0.2) is 8.42 Å². The average molecular weight is 424 g/mol. The van der Waals surface area contributed by atoms with Gasteiger partial charge in [0, 0.05) is 23.5 Å². The van der Waals surface area contributed by atoms with E-state index >= 15 is 0 Å². The lowest BCUT2D eigenvalue weighted by molar-refractivity contribution is 0.0848. The Kier molecular flexibility index (Phi) is 6.97. The molecule has 2 N–H and O–H groups in total. The van der Waals surface area contributed by atoms with Gasteiger partial charge in [-0.15, -0.1) is 11.3 Å². The van der Waals surface area contributed by atoms with Crippen molar-refractivity contribution in [3.05, 3.63) is 51.2 Å². The SMILES string of the molecule is CCc1sc(C(=O)NNC(=O)c2cccc(S(=O)(=O)N(C)C(C)C)c2)cc1C.